The number of hydrogen-bond donors (Lipinski definition) is 3. The highest BCUT2D eigenvalue weighted by atomic mass is 35.5. The summed E-state index contributed by atoms with van der Waals surface area (Å²) in [4.78, 5) is 23.3. The Kier molecular flexibility index (Phi) is 8.65. The van der Waals surface area contributed by atoms with Crippen LogP contribution in [0.4, 0.5) is 13.2 Å². The summed E-state index contributed by atoms with van der Waals surface area (Å²) in [5.41, 5.74) is 0. The minimum atomic E-state index is -4.46. The lowest BCUT2D eigenvalue weighted by Gasteiger charge is -2.29. The fourth-order valence-electron chi connectivity index (χ4n) is 2.00. The average Bonchev–Trinajstić information content (AvgIpc) is 2.37. The largest absolute Gasteiger partial charge is 0.408 e. The molecule has 21 heavy (non-hydrogen) atoms. The third-order valence-corrected chi connectivity index (χ3v) is 3.12. The molecular formula is C12H21ClF3N3O2. The third-order valence-electron chi connectivity index (χ3n) is 3.12. The molecule has 0 bridgehead atoms. The van der Waals surface area contributed by atoms with Gasteiger partial charge < -0.3 is 16.0 Å². The van der Waals surface area contributed by atoms with Crippen LogP contribution in [0.25, 0.3) is 0 Å². The zero-order valence-electron chi connectivity index (χ0n) is 11.8. The first kappa shape index (κ1) is 20.0. The van der Waals surface area contributed by atoms with Crippen molar-refractivity contribution < 1.29 is 22.8 Å². The molecule has 0 spiro atoms. The second-order valence-corrected chi connectivity index (χ2v) is 4.77. The third kappa shape index (κ3) is 6.52. The zero-order chi connectivity index (χ0) is 15.2. The van der Waals surface area contributed by atoms with Crippen LogP contribution in [0.1, 0.15) is 26.2 Å². The minimum Gasteiger partial charge on any atom is -0.354 e. The van der Waals surface area contributed by atoms with E-state index >= 15 is 0 Å². The first-order chi connectivity index (χ1) is 9.36. The fraction of sp³-hybridized carbons (Fsp3) is 0.833. The molecule has 0 saturated carbocycles. The van der Waals surface area contributed by atoms with E-state index in [2.05, 4.69) is 10.6 Å². The molecular weight excluding hydrogens is 311 g/mol. The molecule has 3 N–H and O–H groups in total. The van der Waals surface area contributed by atoms with Gasteiger partial charge in [-0.2, -0.15) is 13.2 Å². The van der Waals surface area contributed by atoms with Gasteiger partial charge in [-0.05, 0) is 25.8 Å². The molecule has 2 unspecified atom stereocenters. The summed E-state index contributed by atoms with van der Waals surface area (Å²) < 4.78 is 37.3. The number of halogens is 4. The van der Waals surface area contributed by atoms with Crippen molar-refractivity contribution in [2.24, 2.45) is 5.92 Å². The van der Waals surface area contributed by atoms with Gasteiger partial charge in [-0.15, -0.1) is 12.4 Å². The molecule has 2 atom stereocenters. The van der Waals surface area contributed by atoms with Crippen LogP contribution in [0.2, 0.25) is 0 Å². The second-order valence-electron chi connectivity index (χ2n) is 4.77. The van der Waals surface area contributed by atoms with Gasteiger partial charge in [0.1, 0.15) is 12.0 Å². The maximum atomic E-state index is 12.4. The molecule has 124 valence electrons. The maximum Gasteiger partial charge on any atom is 0.408 e. The molecule has 0 aromatic heterocycles. The normalized spacial score (nSPS) is 22.2. The highest BCUT2D eigenvalue weighted by Gasteiger charge is 2.45. The van der Waals surface area contributed by atoms with Crippen molar-refractivity contribution in [3.05, 3.63) is 0 Å². The lowest BCUT2D eigenvalue weighted by molar-refractivity contribution is -0.171. The summed E-state index contributed by atoms with van der Waals surface area (Å²) >= 11 is 0. The topological polar surface area (TPSA) is 70.2 Å². The van der Waals surface area contributed by atoms with Crippen LogP contribution in [0.3, 0.4) is 0 Å². The smallest absolute Gasteiger partial charge is 0.354 e. The number of piperidine rings is 1. The lowest BCUT2D eigenvalue weighted by Crippen LogP contribution is -2.54. The number of carbonyl (C=O) groups excluding carboxylic acids is 2. The van der Waals surface area contributed by atoms with E-state index in [0.29, 0.717) is 13.1 Å². The molecule has 1 fully saturated rings. The van der Waals surface area contributed by atoms with Gasteiger partial charge in [0.2, 0.25) is 11.8 Å². The number of hydrogen-bond acceptors (Lipinski definition) is 3. The van der Waals surface area contributed by atoms with E-state index < -0.39 is 30.0 Å². The van der Waals surface area contributed by atoms with Crippen LogP contribution in [0, 0.1) is 5.92 Å². The summed E-state index contributed by atoms with van der Waals surface area (Å²) in [5, 5.41) is 7.48. The van der Waals surface area contributed by atoms with Crippen LogP contribution in [-0.2, 0) is 9.59 Å². The van der Waals surface area contributed by atoms with Gasteiger partial charge in [0.25, 0.3) is 0 Å². The quantitative estimate of drug-likeness (QED) is 0.502. The van der Waals surface area contributed by atoms with Crippen molar-refractivity contribution in [2.45, 2.75) is 38.4 Å². The van der Waals surface area contributed by atoms with Gasteiger partial charge in [-0.1, -0.05) is 6.92 Å². The monoisotopic (exact) mass is 331 g/mol. The molecule has 0 radical (unpaired) electrons. The van der Waals surface area contributed by atoms with Crippen molar-refractivity contribution in [1.82, 2.24) is 16.0 Å². The van der Waals surface area contributed by atoms with Crippen molar-refractivity contribution >= 4 is 24.2 Å². The predicted molar refractivity (Wildman–Crippen MR) is 74.1 cm³/mol. The standard InChI is InChI=1S/C12H20F3N3O2.ClH/c1-2-5-16-6-7-17-10(19)8-3-4-9(12(13,14)15)18-11(8)20;/h8-9,16H,2-7H2,1H3,(H,17,19)(H,18,20);1H. The molecule has 1 rings (SSSR count). The number of rotatable bonds is 6. The van der Waals surface area contributed by atoms with Crippen molar-refractivity contribution in [3.63, 3.8) is 0 Å². The number of nitrogens with one attached hydrogen (secondary N) is 3. The highest BCUT2D eigenvalue weighted by Crippen LogP contribution is 2.28. The molecule has 1 aliphatic heterocycles. The first-order valence-electron chi connectivity index (χ1n) is 6.71. The van der Waals surface area contributed by atoms with Gasteiger partial charge in [0, 0.05) is 13.1 Å². The maximum absolute atomic E-state index is 12.4. The Morgan fingerprint density at radius 3 is 2.48 bits per heavy atom. The zero-order valence-corrected chi connectivity index (χ0v) is 12.6. The fourth-order valence-corrected chi connectivity index (χ4v) is 2.00. The number of carbonyl (C=O) groups is 2. The first-order valence-corrected chi connectivity index (χ1v) is 6.71. The summed E-state index contributed by atoms with van der Waals surface area (Å²) in [6.45, 7) is 3.76. The molecule has 1 saturated heterocycles. The molecule has 5 nitrogen and oxygen atoms in total. The summed E-state index contributed by atoms with van der Waals surface area (Å²) in [6.07, 6.45) is -3.83. The Morgan fingerprint density at radius 1 is 1.29 bits per heavy atom. The Balaban J connectivity index is 0.00000400. The van der Waals surface area contributed by atoms with Crippen LogP contribution in [0.5, 0.6) is 0 Å². The van der Waals surface area contributed by atoms with Crippen molar-refractivity contribution in [3.8, 4) is 0 Å². The van der Waals surface area contributed by atoms with E-state index in [9.17, 15) is 22.8 Å². The Labute approximate surface area is 127 Å². The Hall–Kier alpha value is -1.02. The van der Waals surface area contributed by atoms with Crippen molar-refractivity contribution in [1.29, 1.82) is 0 Å². The molecule has 1 heterocycles. The van der Waals surface area contributed by atoms with Crippen LogP contribution in [0.15, 0.2) is 0 Å². The minimum absolute atomic E-state index is 0. The summed E-state index contributed by atoms with van der Waals surface area (Å²) in [7, 11) is 0. The lowest BCUT2D eigenvalue weighted by atomic mass is 9.93. The van der Waals surface area contributed by atoms with Crippen LogP contribution < -0.4 is 16.0 Å². The van der Waals surface area contributed by atoms with E-state index in [1.165, 1.54) is 0 Å². The van der Waals surface area contributed by atoms with E-state index in [0.717, 1.165) is 13.0 Å². The predicted octanol–water partition coefficient (Wildman–Crippen LogP) is 0.981. The van der Waals surface area contributed by atoms with E-state index in [-0.39, 0.29) is 25.2 Å². The van der Waals surface area contributed by atoms with E-state index in [4.69, 9.17) is 0 Å². The van der Waals surface area contributed by atoms with Gasteiger partial charge in [-0.3, -0.25) is 9.59 Å². The average molecular weight is 332 g/mol. The molecule has 0 aliphatic carbocycles. The van der Waals surface area contributed by atoms with Crippen LogP contribution in [-0.4, -0.2) is 43.7 Å². The highest BCUT2D eigenvalue weighted by molar-refractivity contribution is 6.00. The van der Waals surface area contributed by atoms with Gasteiger partial charge in [0.15, 0.2) is 0 Å². The molecule has 2 amide bonds. The van der Waals surface area contributed by atoms with Crippen LogP contribution >= 0.6 is 12.4 Å². The Morgan fingerprint density at radius 2 is 1.95 bits per heavy atom. The van der Waals surface area contributed by atoms with E-state index in [1.807, 2.05) is 12.2 Å². The van der Waals surface area contributed by atoms with Gasteiger partial charge in [-0.25, -0.2) is 0 Å². The number of alkyl halides is 3. The second kappa shape index (κ2) is 9.09. The van der Waals surface area contributed by atoms with Gasteiger partial charge >= 0.3 is 6.18 Å². The van der Waals surface area contributed by atoms with Gasteiger partial charge in [0.05, 0.1) is 0 Å². The molecule has 0 aromatic rings. The molecule has 9 heteroatoms. The molecule has 1 aliphatic rings. The van der Waals surface area contributed by atoms with E-state index in [1.54, 1.807) is 0 Å². The molecule has 0 aromatic carbocycles. The Bertz CT molecular complexity index is 353. The summed E-state index contributed by atoms with van der Waals surface area (Å²) in [5.74, 6) is -2.39. The number of amides is 2. The van der Waals surface area contributed by atoms with Crippen molar-refractivity contribution in [2.75, 3.05) is 19.6 Å². The summed E-state index contributed by atoms with van der Waals surface area (Å²) in [6, 6.07) is -1.84. The SMILES string of the molecule is CCCNCCNC(=O)C1CCC(C(F)(F)F)NC1=O.Cl.